The average molecular weight is 355 g/mol. The highest BCUT2D eigenvalue weighted by Crippen LogP contribution is 2.39. The van der Waals surface area contributed by atoms with Gasteiger partial charge >= 0.3 is 0 Å². The van der Waals surface area contributed by atoms with Crippen LogP contribution in [0.2, 0.25) is 0 Å². The van der Waals surface area contributed by atoms with Gasteiger partial charge in [-0.2, -0.15) is 5.10 Å². The normalized spacial score (nSPS) is 31.1. The maximum atomic E-state index is 12.1. The molecule has 1 aliphatic heterocycles. The number of rotatable bonds is 4. The molecule has 21 heavy (non-hydrogen) atoms. The van der Waals surface area contributed by atoms with E-state index in [4.69, 9.17) is 10.5 Å². The standard InChI is InChI=1S/C14H19BrN4O2/c1-2-5-19-14(20)10(15)9(7-17-19)18-12-11(16)8-4-3-6-21-13(8)12/h2,7-8,11-13,18H,1,3-6,16H2. The summed E-state index contributed by atoms with van der Waals surface area (Å²) in [6, 6.07) is 0.0841. The number of hydrogen-bond donors (Lipinski definition) is 2. The molecule has 2 heterocycles. The Kier molecular flexibility index (Phi) is 4.14. The molecule has 1 aliphatic carbocycles. The SMILES string of the molecule is C=CCn1ncc(NC2C(N)C3CCCOC32)c(Br)c1=O. The summed E-state index contributed by atoms with van der Waals surface area (Å²) in [5.41, 5.74) is 6.69. The molecule has 2 fully saturated rings. The van der Waals surface area contributed by atoms with Crippen LogP contribution in [-0.2, 0) is 11.3 Å². The number of ether oxygens (including phenoxy) is 1. The van der Waals surface area contributed by atoms with Gasteiger partial charge in [-0.05, 0) is 28.8 Å². The van der Waals surface area contributed by atoms with Gasteiger partial charge in [0, 0.05) is 18.6 Å². The van der Waals surface area contributed by atoms with Gasteiger partial charge in [-0.1, -0.05) is 6.08 Å². The molecule has 0 spiro atoms. The number of aromatic nitrogens is 2. The fraction of sp³-hybridized carbons (Fsp3) is 0.571. The highest BCUT2D eigenvalue weighted by Gasteiger charge is 2.50. The second kappa shape index (κ2) is 5.90. The van der Waals surface area contributed by atoms with Crippen LogP contribution >= 0.6 is 15.9 Å². The van der Waals surface area contributed by atoms with Crippen LogP contribution in [0.5, 0.6) is 0 Å². The summed E-state index contributed by atoms with van der Waals surface area (Å²) in [4.78, 5) is 12.1. The highest BCUT2D eigenvalue weighted by atomic mass is 79.9. The zero-order valence-electron chi connectivity index (χ0n) is 11.7. The van der Waals surface area contributed by atoms with E-state index in [2.05, 4.69) is 32.9 Å². The van der Waals surface area contributed by atoms with E-state index in [1.165, 1.54) is 4.68 Å². The molecule has 2 aliphatic rings. The molecule has 6 nitrogen and oxygen atoms in total. The second-order valence-corrected chi connectivity index (χ2v) is 6.33. The predicted molar refractivity (Wildman–Crippen MR) is 84.2 cm³/mol. The number of halogens is 1. The molecular formula is C14H19BrN4O2. The number of allylic oxidation sites excluding steroid dienone is 1. The van der Waals surface area contributed by atoms with Crippen LogP contribution in [0.1, 0.15) is 12.8 Å². The maximum Gasteiger partial charge on any atom is 0.283 e. The van der Waals surface area contributed by atoms with Crippen molar-refractivity contribution in [3.63, 3.8) is 0 Å². The Hall–Kier alpha value is -1.18. The third-order valence-corrected chi connectivity index (χ3v) is 5.05. The fourth-order valence-corrected chi connectivity index (χ4v) is 3.55. The van der Waals surface area contributed by atoms with Crippen molar-refractivity contribution in [1.29, 1.82) is 0 Å². The monoisotopic (exact) mass is 354 g/mol. The van der Waals surface area contributed by atoms with Crippen molar-refractivity contribution in [2.45, 2.75) is 37.6 Å². The first-order valence-electron chi connectivity index (χ1n) is 7.13. The molecular weight excluding hydrogens is 336 g/mol. The van der Waals surface area contributed by atoms with Gasteiger partial charge in [0.15, 0.2) is 0 Å². The molecule has 1 aromatic rings. The molecule has 3 rings (SSSR count). The van der Waals surface area contributed by atoms with Crippen LogP contribution < -0.4 is 16.6 Å². The Morgan fingerprint density at radius 3 is 3.24 bits per heavy atom. The van der Waals surface area contributed by atoms with Crippen LogP contribution in [0.4, 0.5) is 5.69 Å². The topological polar surface area (TPSA) is 82.2 Å². The third-order valence-electron chi connectivity index (χ3n) is 4.29. The maximum absolute atomic E-state index is 12.1. The van der Waals surface area contributed by atoms with E-state index in [0.717, 1.165) is 19.4 Å². The molecule has 1 saturated carbocycles. The van der Waals surface area contributed by atoms with E-state index < -0.39 is 0 Å². The first-order chi connectivity index (χ1) is 10.1. The van der Waals surface area contributed by atoms with Gasteiger partial charge in [-0.3, -0.25) is 4.79 Å². The van der Waals surface area contributed by atoms with Gasteiger partial charge in [0.1, 0.15) is 4.47 Å². The number of hydrogen-bond acceptors (Lipinski definition) is 5. The number of nitrogens with one attached hydrogen (secondary N) is 1. The van der Waals surface area contributed by atoms with Crippen molar-refractivity contribution in [2.75, 3.05) is 11.9 Å². The Morgan fingerprint density at radius 1 is 1.67 bits per heavy atom. The van der Waals surface area contributed by atoms with Gasteiger partial charge < -0.3 is 15.8 Å². The zero-order chi connectivity index (χ0) is 15.0. The Bertz CT molecular complexity index is 603. The smallest absolute Gasteiger partial charge is 0.283 e. The minimum Gasteiger partial charge on any atom is -0.376 e. The Morgan fingerprint density at radius 2 is 2.48 bits per heavy atom. The van der Waals surface area contributed by atoms with Gasteiger partial charge in [0.25, 0.3) is 5.56 Å². The second-order valence-electron chi connectivity index (χ2n) is 5.54. The summed E-state index contributed by atoms with van der Waals surface area (Å²) in [6.07, 6.45) is 5.60. The van der Waals surface area contributed by atoms with Crippen LogP contribution in [0.25, 0.3) is 0 Å². The number of nitrogens with two attached hydrogens (primary N) is 1. The van der Waals surface area contributed by atoms with Crippen LogP contribution in [0.3, 0.4) is 0 Å². The summed E-state index contributed by atoms with van der Waals surface area (Å²) >= 11 is 3.34. The van der Waals surface area contributed by atoms with E-state index in [9.17, 15) is 4.79 Å². The van der Waals surface area contributed by atoms with Crippen molar-refractivity contribution in [1.82, 2.24) is 9.78 Å². The van der Waals surface area contributed by atoms with Crippen molar-refractivity contribution in [3.8, 4) is 0 Å². The quantitative estimate of drug-likeness (QED) is 0.791. The molecule has 0 radical (unpaired) electrons. The number of anilines is 1. The Labute approximate surface area is 131 Å². The van der Waals surface area contributed by atoms with E-state index in [1.54, 1.807) is 12.3 Å². The van der Waals surface area contributed by atoms with Gasteiger partial charge in [-0.25, -0.2) is 4.68 Å². The average Bonchev–Trinajstić information content (AvgIpc) is 2.51. The molecule has 4 unspecified atom stereocenters. The molecule has 7 heteroatoms. The van der Waals surface area contributed by atoms with Crippen molar-refractivity contribution < 1.29 is 4.74 Å². The molecule has 4 atom stereocenters. The molecule has 114 valence electrons. The molecule has 1 saturated heterocycles. The summed E-state index contributed by atoms with van der Waals surface area (Å²) in [5.74, 6) is 0.420. The third kappa shape index (κ3) is 2.54. The molecule has 1 aromatic heterocycles. The van der Waals surface area contributed by atoms with Gasteiger partial charge in [-0.15, -0.1) is 6.58 Å². The van der Waals surface area contributed by atoms with E-state index in [1.807, 2.05) is 0 Å². The lowest BCUT2D eigenvalue weighted by Gasteiger charge is -2.52. The molecule has 0 amide bonds. The largest absolute Gasteiger partial charge is 0.376 e. The van der Waals surface area contributed by atoms with Crippen LogP contribution in [0.15, 0.2) is 28.1 Å². The highest BCUT2D eigenvalue weighted by molar-refractivity contribution is 9.10. The minimum absolute atomic E-state index is 0.0306. The van der Waals surface area contributed by atoms with Gasteiger partial charge in [0.05, 0.1) is 30.6 Å². The van der Waals surface area contributed by atoms with Crippen molar-refractivity contribution in [2.24, 2.45) is 11.7 Å². The van der Waals surface area contributed by atoms with E-state index in [0.29, 0.717) is 22.6 Å². The lowest BCUT2D eigenvalue weighted by Crippen LogP contribution is -2.69. The molecule has 0 bridgehead atoms. The van der Waals surface area contributed by atoms with E-state index >= 15 is 0 Å². The minimum atomic E-state index is -0.186. The zero-order valence-corrected chi connectivity index (χ0v) is 13.3. The lowest BCUT2D eigenvalue weighted by molar-refractivity contribution is -0.104. The van der Waals surface area contributed by atoms with Crippen molar-refractivity contribution in [3.05, 3.63) is 33.7 Å². The fourth-order valence-electron chi connectivity index (χ4n) is 3.12. The van der Waals surface area contributed by atoms with Crippen LogP contribution in [-0.4, -0.2) is 34.6 Å². The summed E-state index contributed by atoms with van der Waals surface area (Å²) in [6.45, 7) is 4.78. The molecule has 0 aromatic carbocycles. The summed E-state index contributed by atoms with van der Waals surface area (Å²) < 4.78 is 7.60. The first-order valence-corrected chi connectivity index (χ1v) is 7.93. The van der Waals surface area contributed by atoms with Crippen molar-refractivity contribution >= 4 is 21.6 Å². The summed E-state index contributed by atoms with van der Waals surface area (Å²) in [7, 11) is 0. The molecule has 3 N–H and O–H groups in total. The Balaban J connectivity index is 1.78. The first kappa shape index (κ1) is 14.7. The van der Waals surface area contributed by atoms with Crippen LogP contribution in [0, 0.1) is 5.92 Å². The lowest BCUT2D eigenvalue weighted by atomic mass is 9.68. The predicted octanol–water partition coefficient (Wildman–Crippen LogP) is 1.11. The summed E-state index contributed by atoms with van der Waals surface area (Å²) in [5, 5.41) is 7.44. The number of nitrogens with zero attached hydrogens (tertiary/aromatic N) is 2. The van der Waals surface area contributed by atoms with Gasteiger partial charge in [0.2, 0.25) is 0 Å². The van der Waals surface area contributed by atoms with E-state index in [-0.39, 0.29) is 23.7 Å². The number of fused-ring (bicyclic) bond motifs is 1.